The summed E-state index contributed by atoms with van der Waals surface area (Å²) >= 11 is 0. The predicted molar refractivity (Wildman–Crippen MR) is 84.9 cm³/mol. The normalized spacial score (nSPS) is 12.2. The summed E-state index contributed by atoms with van der Waals surface area (Å²) in [6.07, 6.45) is -0.951. The maximum atomic E-state index is 10.9. The highest BCUT2D eigenvalue weighted by Gasteiger charge is 2.16. The van der Waals surface area contributed by atoms with Gasteiger partial charge in [0, 0.05) is 6.54 Å². The summed E-state index contributed by atoms with van der Waals surface area (Å²) in [4.78, 5) is 17.1. The molecule has 8 heteroatoms. The Kier molecular flexibility index (Phi) is 5.75. The molecule has 0 saturated carbocycles. The van der Waals surface area contributed by atoms with E-state index in [1.165, 1.54) is 14.0 Å². The first kappa shape index (κ1) is 17.7. The van der Waals surface area contributed by atoms with E-state index in [9.17, 15) is 4.79 Å². The van der Waals surface area contributed by atoms with Crippen LogP contribution in [0.2, 0.25) is 0 Å². The number of carbonyl (C=O) groups is 1. The van der Waals surface area contributed by atoms with Crippen LogP contribution < -0.4 is 9.47 Å². The molecule has 24 heavy (non-hydrogen) atoms. The van der Waals surface area contributed by atoms with Crippen LogP contribution in [0.25, 0.3) is 0 Å². The van der Waals surface area contributed by atoms with Crippen molar-refractivity contribution in [2.24, 2.45) is 0 Å². The van der Waals surface area contributed by atoms with Crippen molar-refractivity contribution < 1.29 is 23.9 Å². The summed E-state index contributed by atoms with van der Waals surface area (Å²) in [6.45, 7) is 4.40. The highest BCUT2D eigenvalue weighted by Crippen LogP contribution is 2.29. The molecule has 0 radical (unpaired) electrons. The molecule has 1 atom stereocenters. The first-order chi connectivity index (χ1) is 11.4. The lowest BCUT2D eigenvalue weighted by Crippen LogP contribution is -2.23. The Morgan fingerprint density at radius 3 is 2.71 bits per heavy atom. The van der Waals surface area contributed by atoms with Crippen LogP contribution in [0.4, 0.5) is 0 Å². The molecule has 2 rings (SSSR count). The molecule has 0 aliphatic rings. The van der Waals surface area contributed by atoms with E-state index in [4.69, 9.17) is 19.1 Å². The number of nitrogens with zero attached hydrogens (tertiary/aromatic N) is 3. The van der Waals surface area contributed by atoms with E-state index in [1.807, 2.05) is 24.1 Å². The molecule has 8 nitrogen and oxygen atoms in total. The van der Waals surface area contributed by atoms with Gasteiger partial charge in [0.1, 0.15) is 0 Å². The molecule has 1 unspecified atom stereocenters. The van der Waals surface area contributed by atoms with Gasteiger partial charge in [-0.15, -0.1) is 0 Å². The van der Waals surface area contributed by atoms with Gasteiger partial charge in [0.2, 0.25) is 5.89 Å². The van der Waals surface area contributed by atoms with Gasteiger partial charge >= 0.3 is 5.97 Å². The van der Waals surface area contributed by atoms with Crippen LogP contribution in [-0.2, 0) is 17.9 Å². The lowest BCUT2D eigenvalue weighted by atomic mass is 10.2. The number of carboxylic acids is 1. The Morgan fingerprint density at radius 2 is 2.12 bits per heavy atom. The topological polar surface area (TPSA) is 97.9 Å². The van der Waals surface area contributed by atoms with E-state index in [-0.39, 0.29) is 0 Å². The second-order valence-electron chi connectivity index (χ2n) is 5.49. The van der Waals surface area contributed by atoms with Gasteiger partial charge in [-0.3, -0.25) is 4.90 Å². The summed E-state index contributed by atoms with van der Waals surface area (Å²) in [7, 11) is 3.45. The van der Waals surface area contributed by atoms with Gasteiger partial charge in [-0.05, 0) is 38.6 Å². The van der Waals surface area contributed by atoms with Crippen molar-refractivity contribution in [3.8, 4) is 11.5 Å². The second-order valence-corrected chi connectivity index (χ2v) is 5.49. The Hall–Kier alpha value is -2.61. The smallest absolute Gasteiger partial charge is 0.344 e. The maximum Gasteiger partial charge on any atom is 0.344 e. The molecule has 0 fully saturated rings. The SMILES string of the molecule is COc1cc(CN(C)Cc2nc(C)no2)ccc1OC(C)C(=O)O. The average molecular weight is 335 g/mol. The third kappa shape index (κ3) is 4.69. The zero-order valence-electron chi connectivity index (χ0n) is 14.1. The molecule has 0 amide bonds. The number of methoxy groups -OCH3 is 1. The van der Waals surface area contributed by atoms with Crippen LogP contribution in [0.5, 0.6) is 11.5 Å². The van der Waals surface area contributed by atoms with Gasteiger partial charge < -0.3 is 19.1 Å². The molecular weight excluding hydrogens is 314 g/mol. The van der Waals surface area contributed by atoms with Crippen LogP contribution in [0.1, 0.15) is 24.2 Å². The number of aromatic nitrogens is 2. The van der Waals surface area contributed by atoms with Crippen molar-refractivity contribution in [1.82, 2.24) is 15.0 Å². The third-order valence-electron chi connectivity index (χ3n) is 3.31. The maximum absolute atomic E-state index is 10.9. The van der Waals surface area contributed by atoms with Crippen molar-refractivity contribution in [2.45, 2.75) is 33.0 Å². The summed E-state index contributed by atoms with van der Waals surface area (Å²) in [6, 6.07) is 5.39. The van der Waals surface area contributed by atoms with Crippen LogP contribution in [0, 0.1) is 6.92 Å². The standard InChI is InChI=1S/C16H21N3O5/c1-10(16(20)21)23-13-6-5-12(7-14(13)22-4)8-19(3)9-15-17-11(2)18-24-15/h5-7,10H,8-9H2,1-4H3,(H,20,21). The fraction of sp³-hybridized carbons (Fsp3) is 0.438. The van der Waals surface area contributed by atoms with Crippen LogP contribution >= 0.6 is 0 Å². The molecular formula is C16H21N3O5. The van der Waals surface area contributed by atoms with E-state index in [0.717, 1.165) is 5.56 Å². The fourth-order valence-electron chi connectivity index (χ4n) is 2.15. The van der Waals surface area contributed by atoms with E-state index >= 15 is 0 Å². The van der Waals surface area contributed by atoms with Gasteiger partial charge in [-0.1, -0.05) is 11.2 Å². The monoisotopic (exact) mass is 335 g/mol. The number of rotatable bonds is 8. The van der Waals surface area contributed by atoms with Gasteiger partial charge in [0.05, 0.1) is 13.7 Å². The van der Waals surface area contributed by atoms with Gasteiger partial charge in [0.15, 0.2) is 23.4 Å². The molecule has 0 spiro atoms. The number of ether oxygens (including phenoxy) is 2. The van der Waals surface area contributed by atoms with Gasteiger partial charge in [-0.2, -0.15) is 4.98 Å². The molecule has 2 aromatic rings. The quantitative estimate of drug-likeness (QED) is 0.781. The highest BCUT2D eigenvalue weighted by molar-refractivity contribution is 5.72. The van der Waals surface area contributed by atoms with Crippen molar-refractivity contribution in [2.75, 3.05) is 14.2 Å². The van der Waals surface area contributed by atoms with Crippen molar-refractivity contribution in [1.29, 1.82) is 0 Å². The number of hydrogen-bond donors (Lipinski definition) is 1. The second kappa shape index (κ2) is 7.78. The van der Waals surface area contributed by atoms with E-state index in [2.05, 4.69) is 10.1 Å². The molecule has 1 N–H and O–H groups in total. The first-order valence-corrected chi connectivity index (χ1v) is 7.43. The Morgan fingerprint density at radius 1 is 1.38 bits per heavy atom. The lowest BCUT2D eigenvalue weighted by molar-refractivity contribution is -0.144. The van der Waals surface area contributed by atoms with Gasteiger partial charge in [0.25, 0.3) is 0 Å². The average Bonchev–Trinajstić information content (AvgIpc) is 2.93. The van der Waals surface area contributed by atoms with Crippen molar-refractivity contribution in [3.05, 3.63) is 35.5 Å². The molecule has 0 aliphatic carbocycles. The minimum Gasteiger partial charge on any atom is -0.493 e. The highest BCUT2D eigenvalue weighted by atomic mass is 16.5. The predicted octanol–water partition coefficient (Wildman–Crippen LogP) is 1.87. The summed E-state index contributed by atoms with van der Waals surface area (Å²) in [5, 5.41) is 12.7. The van der Waals surface area contributed by atoms with Crippen LogP contribution in [-0.4, -0.2) is 46.4 Å². The van der Waals surface area contributed by atoms with E-state index in [0.29, 0.717) is 36.3 Å². The summed E-state index contributed by atoms with van der Waals surface area (Å²) in [5.41, 5.74) is 0.987. The van der Waals surface area contributed by atoms with E-state index in [1.54, 1.807) is 13.0 Å². The minimum absolute atomic E-state index is 0.395. The first-order valence-electron chi connectivity index (χ1n) is 7.43. The molecule has 1 aromatic carbocycles. The lowest BCUT2D eigenvalue weighted by Gasteiger charge is -2.17. The molecule has 1 heterocycles. The summed E-state index contributed by atoms with van der Waals surface area (Å²) in [5.74, 6) is 1.01. The largest absolute Gasteiger partial charge is 0.493 e. The molecule has 1 aromatic heterocycles. The third-order valence-corrected chi connectivity index (χ3v) is 3.31. The zero-order valence-corrected chi connectivity index (χ0v) is 14.1. The van der Waals surface area contributed by atoms with Crippen LogP contribution in [0.15, 0.2) is 22.7 Å². The summed E-state index contributed by atoms with van der Waals surface area (Å²) < 4.78 is 15.8. The van der Waals surface area contributed by atoms with Crippen molar-refractivity contribution in [3.63, 3.8) is 0 Å². The number of aliphatic carboxylic acids is 1. The van der Waals surface area contributed by atoms with Crippen molar-refractivity contribution >= 4 is 5.97 Å². The number of carboxylic acid groups (broad SMARTS) is 1. The molecule has 130 valence electrons. The Labute approximate surface area is 140 Å². The minimum atomic E-state index is -1.03. The number of hydrogen-bond acceptors (Lipinski definition) is 7. The number of benzene rings is 1. The molecule has 0 aliphatic heterocycles. The Balaban J connectivity index is 2.04. The zero-order chi connectivity index (χ0) is 17.7. The number of aryl methyl sites for hydroxylation is 1. The van der Waals surface area contributed by atoms with Gasteiger partial charge in [-0.25, -0.2) is 4.79 Å². The van der Waals surface area contributed by atoms with Crippen LogP contribution in [0.3, 0.4) is 0 Å². The molecule has 0 bridgehead atoms. The van der Waals surface area contributed by atoms with E-state index < -0.39 is 12.1 Å². The fourth-order valence-corrected chi connectivity index (χ4v) is 2.15. The Bertz CT molecular complexity index is 701. The molecule has 0 saturated heterocycles.